The molecule has 3 rings (SSSR count). The van der Waals surface area contributed by atoms with Crippen molar-refractivity contribution in [3.05, 3.63) is 90.0 Å². The van der Waals surface area contributed by atoms with E-state index < -0.39 is 34.1 Å². The number of para-hydroxylation sites is 2. The van der Waals surface area contributed by atoms with Gasteiger partial charge in [-0.15, -0.1) is 0 Å². The molecule has 0 fully saturated rings. The summed E-state index contributed by atoms with van der Waals surface area (Å²) in [6.45, 7) is 8.77. The maximum absolute atomic E-state index is 14.0. The quantitative estimate of drug-likeness (QED) is 0.399. The highest BCUT2D eigenvalue weighted by Crippen LogP contribution is 2.32. The minimum atomic E-state index is -4.16. The zero-order valence-corrected chi connectivity index (χ0v) is 24.2. The Morgan fingerprint density at radius 2 is 1.59 bits per heavy atom. The van der Waals surface area contributed by atoms with Gasteiger partial charge in [0.05, 0.1) is 17.7 Å². The molecule has 0 aliphatic rings. The normalized spacial score (nSPS) is 12.4. The fourth-order valence-electron chi connectivity index (χ4n) is 4.13. The molecule has 0 heterocycles. The Morgan fingerprint density at radius 3 is 2.21 bits per heavy atom. The van der Waals surface area contributed by atoms with Crippen LogP contribution in [0.3, 0.4) is 0 Å². The lowest BCUT2D eigenvalue weighted by Gasteiger charge is -2.33. The first-order valence-corrected chi connectivity index (χ1v) is 14.2. The Bertz CT molecular complexity index is 1400. The molecule has 3 aromatic carbocycles. The van der Waals surface area contributed by atoms with Crippen LogP contribution in [0.4, 0.5) is 5.69 Å². The van der Waals surface area contributed by atoms with Gasteiger partial charge in [0.2, 0.25) is 11.8 Å². The van der Waals surface area contributed by atoms with Gasteiger partial charge < -0.3 is 15.0 Å². The van der Waals surface area contributed by atoms with Crippen molar-refractivity contribution in [3.63, 3.8) is 0 Å². The van der Waals surface area contributed by atoms with Crippen molar-refractivity contribution in [3.8, 4) is 5.75 Å². The van der Waals surface area contributed by atoms with Crippen LogP contribution in [-0.4, -0.2) is 50.4 Å². The monoisotopic (exact) mass is 551 g/mol. The number of aryl methyl sites for hydroxylation is 1. The zero-order valence-electron chi connectivity index (χ0n) is 23.3. The molecule has 0 saturated heterocycles. The van der Waals surface area contributed by atoms with Crippen LogP contribution in [0.2, 0.25) is 0 Å². The second kappa shape index (κ2) is 12.3. The Balaban J connectivity index is 2.07. The van der Waals surface area contributed by atoms with Crippen molar-refractivity contribution < 1.29 is 22.7 Å². The molecule has 1 atom stereocenters. The number of nitrogens with zero attached hydrogens (tertiary/aromatic N) is 2. The van der Waals surface area contributed by atoms with Crippen molar-refractivity contribution in [1.82, 2.24) is 10.2 Å². The van der Waals surface area contributed by atoms with Gasteiger partial charge in [0.1, 0.15) is 18.3 Å². The number of benzene rings is 3. The third-order valence-corrected chi connectivity index (χ3v) is 7.84. The van der Waals surface area contributed by atoms with Gasteiger partial charge in [0.25, 0.3) is 10.0 Å². The highest BCUT2D eigenvalue weighted by molar-refractivity contribution is 7.92. The average molecular weight is 552 g/mol. The molecule has 0 spiro atoms. The number of methoxy groups -OCH3 is 1. The molecule has 208 valence electrons. The van der Waals surface area contributed by atoms with Crippen LogP contribution in [0.15, 0.2) is 83.8 Å². The molecule has 1 N–H and O–H groups in total. The maximum atomic E-state index is 14.0. The summed E-state index contributed by atoms with van der Waals surface area (Å²) >= 11 is 0. The predicted molar refractivity (Wildman–Crippen MR) is 153 cm³/mol. The summed E-state index contributed by atoms with van der Waals surface area (Å²) in [6.07, 6.45) is 0. The van der Waals surface area contributed by atoms with Crippen molar-refractivity contribution >= 4 is 27.5 Å². The van der Waals surface area contributed by atoms with E-state index >= 15 is 0 Å². The van der Waals surface area contributed by atoms with E-state index in [9.17, 15) is 18.0 Å². The van der Waals surface area contributed by atoms with Crippen molar-refractivity contribution in [2.75, 3.05) is 18.0 Å². The number of anilines is 1. The summed E-state index contributed by atoms with van der Waals surface area (Å²) in [6, 6.07) is 21.3. The van der Waals surface area contributed by atoms with E-state index in [1.807, 2.05) is 52.0 Å². The van der Waals surface area contributed by atoms with Crippen molar-refractivity contribution in [1.29, 1.82) is 0 Å². The van der Waals surface area contributed by atoms with Gasteiger partial charge in [0, 0.05) is 12.1 Å². The van der Waals surface area contributed by atoms with Crippen LogP contribution < -0.4 is 14.4 Å². The molecule has 0 unspecified atom stereocenters. The van der Waals surface area contributed by atoms with E-state index in [0.29, 0.717) is 5.75 Å². The standard InChI is InChI=1S/C30H37N3O5S/c1-22-13-12-14-24(19-22)20-32(23(2)29(35)31-30(3,4)5)28(34)21-33(26-17-10-11-18-27(26)38-6)39(36,37)25-15-8-7-9-16-25/h7-19,23H,20-21H2,1-6H3,(H,31,35)/t23-/m0/s1. The molecule has 0 aliphatic carbocycles. The minimum absolute atomic E-state index is 0.0347. The smallest absolute Gasteiger partial charge is 0.264 e. The van der Waals surface area contributed by atoms with E-state index in [4.69, 9.17) is 4.74 Å². The van der Waals surface area contributed by atoms with Gasteiger partial charge in [0.15, 0.2) is 0 Å². The van der Waals surface area contributed by atoms with Gasteiger partial charge >= 0.3 is 0 Å². The van der Waals surface area contributed by atoms with Crippen LogP contribution in [0.5, 0.6) is 5.75 Å². The first kappa shape index (κ1) is 29.7. The second-order valence-electron chi connectivity index (χ2n) is 10.4. The van der Waals surface area contributed by atoms with Gasteiger partial charge in [-0.2, -0.15) is 0 Å². The van der Waals surface area contributed by atoms with Crippen LogP contribution in [0.1, 0.15) is 38.8 Å². The summed E-state index contributed by atoms with van der Waals surface area (Å²) in [5, 5.41) is 2.93. The largest absolute Gasteiger partial charge is 0.495 e. The molecule has 3 aromatic rings. The van der Waals surface area contributed by atoms with Crippen molar-refractivity contribution in [2.45, 2.75) is 57.6 Å². The third-order valence-electron chi connectivity index (χ3n) is 6.06. The minimum Gasteiger partial charge on any atom is -0.495 e. The number of nitrogens with one attached hydrogen (secondary N) is 1. The number of sulfonamides is 1. The van der Waals surface area contributed by atoms with E-state index in [1.165, 1.54) is 24.1 Å². The van der Waals surface area contributed by atoms with E-state index in [2.05, 4.69) is 5.32 Å². The number of carbonyl (C=O) groups excluding carboxylic acids is 2. The molecule has 0 bridgehead atoms. The van der Waals surface area contributed by atoms with Gasteiger partial charge in [-0.25, -0.2) is 8.42 Å². The van der Waals surface area contributed by atoms with Crippen LogP contribution >= 0.6 is 0 Å². The summed E-state index contributed by atoms with van der Waals surface area (Å²) in [5.41, 5.74) is 1.55. The number of carbonyl (C=O) groups is 2. The lowest BCUT2D eigenvalue weighted by atomic mass is 10.1. The Kier molecular flexibility index (Phi) is 9.40. The number of ether oxygens (including phenoxy) is 1. The van der Waals surface area contributed by atoms with Gasteiger partial charge in [-0.3, -0.25) is 13.9 Å². The number of rotatable bonds is 10. The lowest BCUT2D eigenvalue weighted by Crippen LogP contribution is -2.54. The van der Waals surface area contributed by atoms with E-state index in [-0.39, 0.29) is 23.0 Å². The lowest BCUT2D eigenvalue weighted by molar-refractivity contribution is -0.140. The molecular formula is C30H37N3O5S. The summed E-state index contributed by atoms with van der Waals surface area (Å²) in [5.74, 6) is -0.565. The molecule has 9 heteroatoms. The molecule has 0 saturated carbocycles. The third kappa shape index (κ3) is 7.60. The first-order valence-electron chi connectivity index (χ1n) is 12.7. The molecule has 0 aliphatic heterocycles. The molecule has 2 amide bonds. The first-order chi connectivity index (χ1) is 18.3. The van der Waals surface area contributed by atoms with Gasteiger partial charge in [-0.1, -0.05) is 60.2 Å². The molecule has 0 radical (unpaired) electrons. The Hall–Kier alpha value is -3.85. The van der Waals surface area contributed by atoms with Gasteiger partial charge in [-0.05, 0) is 64.4 Å². The van der Waals surface area contributed by atoms with Crippen molar-refractivity contribution in [2.24, 2.45) is 0 Å². The molecule has 0 aromatic heterocycles. The zero-order chi connectivity index (χ0) is 28.8. The predicted octanol–water partition coefficient (Wildman–Crippen LogP) is 4.53. The average Bonchev–Trinajstić information content (AvgIpc) is 2.89. The van der Waals surface area contributed by atoms with E-state index in [0.717, 1.165) is 15.4 Å². The highest BCUT2D eigenvalue weighted by Gasteiger charge is 2.34. The maximum Gasteiger partial charge on any atom is 0.264 e. The Labute approximate surface area is 231 Å². The van der Waals surface area contributed by atoms with Crippen LogP contribution in [0.25, 0.3) is 0 Å². The highest BCUT2D eigenvalue weighted by atomic mass is 32.2. The Morgan fingerprint density at radius 1 is 0.949 bits per heavy atom. The SMILES string of the molecule is COc1ccccc1N(CC(=O)N(Cc1cccc(C)c1)[C@@H](C)C(=O)NC(C)(C)C)S(=O)(=O)c1ccccc1. The summed E-state index contributed by atoms with van der Waals surface area (Å²) in [4.78, 5) is 28.6. The number of hydrogen-bond donors (Lipinski definition) is 1. The molecular weight excluding hydrogens is 514 g/mol. The van der Waals surface area contributed by atoms with Crippen LogP contribution in [-0.2, 0) is 26.2 Å². The number of hydrogen-bond acceptors (Lipinski definition) is 5. The number of amides is 2. The fraction of sp³-hybridized carbons (Fsp3) is 0.333. The van der Waals surface area contributed by atoms with E-state index in [1.54, 1.807) is 49.4 Å². The van der Waals surface area contributed by atoms with Crippen LogP contribution in [0, 0.1) is 6.92 Å². The molecule has 8 nitrogen and oxygen atoms in total. The fourth-order valence-corrected chi connectivity index (χ4v) is 5.58. The summed E-state index contributed by atoms with van der Waals surface area (Å²) in [7, 11) is -2.72. The second-order valence-corrected chi connectivity index (χ2v) is 12.3. The molecule has 39 heavy (non-hydrogen) atoms. The topological polar surface area (TPSA) is 96.0 Å². The summed E-state index contributed by atoms with van der Waals surface area (Å²) < 4.78 is 34.2.